The van der Waals surface area contributed by atoms with E-state index in [9.17, 15) is 0 Å². The zero-order chi connectivity index (χ0) is 36.1. The van der Waals surface area contributed by atoms with Crippen molar-refractivity contribution < 1.29 is 0 Å². The molecule has 2 atom stereocenters. The van der Waals surface area contributed by atoms with Crippen LogP contribution in [0.4, 0.5) is 0 Å². The van der Waals surface area contributed by atoms with Crippen molar-refractivity contribution in [3.8, 4) is 33.4 Å². The fourth-order valence-electron chi connectivity index (χ4n) is 7.50. The molecule has 0 N–H and O–H groups in total. The van der Waals surface area contributed by atoms with Crippen LogP contribution in [0.3, 0.4) is 0 Å². The number of fused-ring (bicyclic) bond motifs is 3. The second-order valence-electron chi connectivity index (χ2n) is 13.9. The maximum atomic E-state index is 5.42. The number of benzene rings is 7. The molecule has 53 heavy (non-hydrogen) atoms. The average Bonchev–Trinajstić information content (AvgIpc) is 3.60. The molecule has 0 fully saturated rings. The molecule has 0 bridgehead atoms. The molecule has 0 spiro atoms. The van der Waals surface area contributed by atoms with Crippen LogP contribution in [0.2, 0.25) is 0 Å². The van der Waals surface area contributed by atoms with Crippen LogP contribution in [0.5, 0.6) is 0 Å². The standard InChI is InChI=1S/C50H44N2S/c1-4-29-52(50(40-23-15-8-16-24-40)51-35(2)37-17-9-5-10-18-37)36(3)41-26-28-48-47(33-41)46-27-25-42(34-49(46)53-48)45-31-43(38-19-11-6-12-20-38)30-44(32-45)39-21-13-7-14-22-39/h5-28,30-34,36,50H,4,29H2,1-3H3/b51-35+. The molecule has 2 nitrogen and oxygen atoms in total. The molecular formula is C50H44N2S. The predicted octanol–water partition coefficient (Wildman–Crippen LogP) is 14.0. The Hall–Kier alpha value is -5.61. The third-order valence-electron chi connectivity index (χ3n) is 10.4. The Kier molecular flexibility index (Phi) is 10.1. The van der Waals surface area contributed by atoms with Gasteiger partial charge in [-0.25, -0.2) is 0 Å². The van der Waals surface area contributed by atoms with Gasteiger partial charge in [0.15, 0.2) is 0 Å². The Morgan fingerprint density at radius 1 is 0.528 bits per heavy atom. The number of hydrogen-bond donors (Lipinski definition) is 0. The second-order valence-corrected chi connectivity index (χ2v) is 15.0. The van der Waals surface area contributed by atoms with Gasteiger partial charge in [-0.1, -0.05) is 146 Å². The van der Waals surface area contributed by atoms with Crippen LogP contribution in [0.15, 0.2) is 181 Å². The zero-order valence-electron chi connectivity index (χ0n) is 30.6. The van der Waals surface area contributed by atoms with Gasteiger partial charge in [0.2, 0.25) is 0 Å². The first-order chi connectivity index (χ1) is 26.1. The van der Waals surface area contributed by atoms with E-state index in [4.69, 9.17) is 4.99 Å². The topological polar surface area (TPSA) is 15.6 Å². The van der Waals surface area contributed by atoms with E-state index in [1.54, 1.807) is 0 Å². The van der Waals surface area contributed by atoms with Gasteiger partial charge < -0.3 is 0 Å². The fraction of sp³-hybridized carbons (Fsp3) is 0.140. The van der Waals surface area contributed by atoms with Crippen molar-refractivity contribution in [2.75, 3.05) is 6.54 Å². The van der Waals surface area contributed by atoms with E-state index in [-0.39, 0.29) is 12.2 Å². The van der Waals surface area contributed by atoms with Gasteiger partial charge in [-0.3, -0.25) is 9.89 Å². The summed E-state index contributed by atoms with van der Waals surface area (Å²) in [4.78, 5) is 7.99. The highest BCUT2D eigenvalue weighted by Gasteiger charge is 2.26. The van der Waals surface area contributed by atoms with Gasteiger partial charge in [-0.15, -0.1) is 11.3 Å². The molecule has 0 radical (unpaired) electrons. The minimum absolute atomic E-state index is 0.101. The molecule has 0 aliphatic carbocycles. The maximum Gasteiger partial charge on any atom is 0.128 e. The molecular weight excluding hydrogens is 661 g/mol. The minimum atomic E-state index is -0.101. The summed E-state index contributed by atoms with van der Waals surface area (Å²) in [5.41, 5.74) is 12.1. The number of thiophene rings is 1. The van der Waals surface area contributed by atoms with Crippen molar-refractivity contribution in [1.29, 1.82) is 0 Å². The number of aliphatic imine (C=N–C) groups is 1. The van der Waals surface area contributed by atoms with Crippen LogP contribution in [0.1, 0.15) is 56.1 Å². The Bertz CT molecular complexity index is 2430. The summed E-state index contributed by atoms with van der Waals surface area (Å²) in [6.45, 7) is 7.68. The van der Waals surface area contributed by atoms with Crippen LogP contribution in [-0.4, -0.2) is 17.2 Å². The number of hydrogen-bond acceptors (Lipinski definition) is 3. The first-order valence-corrected chi connectivity index (χ1v) is 19.5. The monoisotopic (exact) mass is 704 g/mol. The molecule has 1 aromatic heterocycles. The van der Waals surface area contributed by atoms with Crippen molar-refractivity contribution in [2.45, 2.75) is 39.4 Å². The molecule has 0 saturated heterocycles. The summed E-state index contributed by atoms with van der Waals surface area (Å²) in [5, 5.41) is 2.63. The third kappa shape index (κ3) is 7.37. The van der Waals surface area contributed by atoms with Gasteiger partial charge in [-0.2, -0.15) is 0 Å². The number of rotatable bonds is 11. The van der Waals surface area contributed by atoms with E-state index in [0.717, 1.165) is 24.2 Å². The molecule has 0 amide bonds. The van der Waals surface area contributed by atoms with Crippen LogP contribution in [-0.2, 0) is 0 Å². The highest BCUT2D eigenvalue weighted by molar-refractivity contribution is 7.25. The molecule has 8 aromatic rings. The summed E-state index contributed by atoms with van der Waals surface area (Å²) in [5.74, 6) is 0. The highest BCUT2D eigenvalue weighted by atomic mass is 32.1. The van der Waals surface area contributed by atoms with Crippen LogP contribution < -0.4 is 0 Å². The molecule has 260 valence electrons. The van der Waals surface area contributed by atoms with Crippen molar-refractivity contribution >= 4 is 37.2 Å². The lowest BCUT2D eigenvalue weighted by atomic mass is 9.93. The molecule has 3 heteroatoms. The van der Waals surface area contributed by atoms with Gasteiger partial charge in [0.05, 0.1) is 0 Å². The summed E-state index contributed by atoms with van der Waals surface area (Å²) in [6, 6.07) is 64.0. The lowest BCUT2D eigenvalue weighted by Crippen LogP contribution is -2.32. The van der Waals surface area contributed by atoms with Crippen molar-refractivity contribution in [2.24, 2.45) is 4.99 Å². The summed E-state index contributed by atoms with van der Waals surface area (Å²) >= 11 is 1.88. The highest BCUT2D eigenvalue weighted by Crippen LogP contribution is 2.41. The molecule has 1 heterocycles. The maximum absolute atomic E-state index is 5.42. The van der Waals surface area contributed by atoms with Gasteiger partial charge in [0.25, 0.3) is 0 Å². The van der Waals surface area contributed by atoms with Crippen LogP contribution in [0.25, 0.3) is 53.6 Å². The van der Waals surface area contributed by atoms with E-state index in [1.807, 2.05) is 11.3 Å². The Balaban J connectivity index is 1.17. The van der Waals surface area contributed by atoms with Gasteiger partial charge >= 0.3 is 0 Å². The minimum Gasteiger partial charge on any atom is -0.271 e. The normalized spacial score (nSPS) is 13.1. The second kappa shape index (κ2) is 15.6. The van der Waals surface area contributed by atoms with Crippen molar-refractivity contribution in [1.82, 2.24) is 4.90 Å². The Morgan fingerprint density at radius 3 is 1.70 bits per heavy atom. The SMILES string of the molecule is CCCN(C(C)c1ccc2sc3cc(-c4cc(-c5ccccc5)cc(-c5ccccc5)c4)ccc3c2c1)C(/N=C(\C)c1ccccc1)c1ccccc1. The quantitative estimate of drug-likeness (QED) is 0.122. The smallest absolute Gasteiger partial charge is 0.128 e. The predicted molar refractivity (Wildman–Crippen MR) is 229 cm³/mol. The van der Waals surface area contributed by atoms with E-state index >= 15 is 0 Å². The van der Waals surface area contributed by atoms with Gasteiger partial charge in [-0.05, 0) is 107 Å². The van der Waals surface area contributed by atoms with Gasteiger partial charge in [0, 0.05) is 38.5 Å². The van der Waals surface area contributed by atoms with E-state index < -0.39 is 0 Å². The van der Waals surface area contributed by atoms with Crippen molar-refractivity contribution in [3.63, 3.8) is 0 Å². The third-order valence-corrected chi connectivity index (χ3v) is 11.5. The molecule has 8 rings (SSSR count). The number of nitrogens with zero attached hydrogens (tertiary/aromatic N) is 2. The van der Waals surface area contributed by atoms with Crippen molar-refractivity contribution in [3.05, 3.63) is 193 Å². The lowest BCUT2D eigenvalue weighted by molar-refractivity contribution is 0.148. The summed E-state index contributed by atoms with van der Waals surface area (Å²) in [7, 11) is 0. The summed E-state index contributed by atoms with van der Waals surface area (Å²) < 4.78 is 2.63. The Labute approximate surface area is 317 Å². The van der Waals surface area contributed by atoms with Crippen LogP contribution in [0, 0.1) is 0 Å². The summed E-state index contributed by atoms with van der Waals surface area (Å²) in [6.07, 6.45) is 0.938. The average molecular weight is 705 g/mol. The largest absolute Gasteiger partial charge is 0.271 e. The molecule has 0 aliphatic heterocycles. The lowest BCUT2D eigenvalue weighted by Gasteiger charge is -2.35. The zero-order valence-corrected chi connectivity index (χ0v) is 31.4. The molecule has 0 aliphatic rings. The van der Waals surface area contributed by atoms with E-state index in [1.165, 1.54) is 64.7 Å². The van der Waals surface area contributed by atoms with Crippen LogP contribution >= 0.6 is 11.3 Å². The molecule has 2 unspecified atom stereocenters. The molecule has 7 aromatic carbocycles. The first-order valence-electron chi connectivity index (χ1n) is 18.7. The van der Waals surface area contributed by atoms with Gasteiger partial charge in [0.1, 0.15) is 6.17 Å². The first kappa shape index (κ1) is 34.5. The molecule has 0 saturated carbocycles. The van der Waals surface area contributed by atoms with E-state index in [0.29, 0.717) is 0 Å². The van der Waals surface area contributed by atoms with E-state index in [2.05, 4.69) is 202 Å². The Morgan fingerprint density at radius 2 is 1.09 bits per heavy atom. The fourth-order valence-corrected chi connectivity index (χ4v) is 8.63.